The van der Waals surface area contributed by atoms with E-state index in [0.29, 0.717) is 41.9 Å². The molecule has 14 heteroatoms. The molecule has 2 aliphatic heterocycles. The predicted octanol–water partition coefficient (Wildman–Crippen LogP) is 2.16. The zero-order valence-electron chi connectivity index (χ0n) is 30.4. The number of rotatable bonds is 13. The van der Waals surface area contributed by atoms with Gasteiger partial charge in [0.05, 0.1) is 24.1 Å². The maximum Gasteiger partial charge on any atom is 0.260 e. The van der Waals surface area contributed by atoms with Gasteiger partial charge in [0.1, 0.15) is 29.8 Å². The van der Waals surface area contributed by atoms with Gasteiger partial charge in [0.25, 0.3) is 5.91 Å². The molecule has 3 heterocycles. The fraction of sp³-hybridized carbons (Fsp3) is 0.541. The molecule has 1 aromatic heterocycles. The number of aliphatic imine (C=N–C) groups is 1. The van der Waals surface area contributed by atoms with Crippen LogP contribution in [0, 0.1) is 19.3 Å². The summed E-state index contributed by atoms with van der Waals surface area (Å²) in [6, 6.07) is 11.6. The fourth-order valence-corrected chi connectivity index (χ4v) is 6.21. The second-order valence-corrected chi connectivity index (χ2v) is 14.7. The Bertz CT molecular complexity index is 1780. The van der Waals surface area contributed by atoms with Gasteiger partial charge in [0.2, 0.25) is 5.82 Å². The number of anilines is 1. The second kappa shape index (κ2) is 15.6. The van der Waals surface area contributed by atoms with Crippen molar-refractivity contribution >= 4 is 28.7 Å². The summed E-state index contributed by atoms with van der Waals surface area (Å²) in [5.41, 5.74) is 5.66. The molecule has 5 rings (SSSR count). The van der Waals surface area contributed by atoms with Gasteiger partial charge in [-0.1, -0.05) is 45.4 Å². The Morgan fingerprint density at radius 2 is 1.76 bits per heavy atom. The van der Waals surface area contributed by atoms with E-state index in [1.165, 1.54) is 4.79 Å². The summed E-state index contributed by atoms with van der Waals surface area (Å²) in [4.78, 5) is 26.2. The lowest BCUT2D eigenvalue weighted by molar-refractivity contribution is -0.127. The number of carbonyl (C=O) groups excluding carboxylic acids is 1. The van der Waals surface area contributed by atoms with Crippen molar-refractivity contribution in [2.45, 2.75) is 97.7 Å². The van der Waals surface area contributed by atoms with Gasteiger partial charge in [0.15, 0.2) is 11.9 Å². The SMILES string of the molecule is Cc1ccc(OC(C)C(=O)NCC(C)c2nc3n(n2)N=C(C(C)(C)C)C3=Nc2ccc3c(c2)CCCN3CC(O)C(O)C(O)C(O)CO)c(C)c1. The van der Waals surface area contributed by atoms with Crippen molar-refractivity contribution in [2.24, 2.45) is 15.5 Å². The van der Waals surface area contributed by atoms with Crippen LogP contribution < -0.4 is 15.0 Å². The average Bonchev–Trinajstić information content (AvgIpc) is 3.66. The lowest BCUT2D eigenvalue weighted by Crippen LogP contribution is -2.50. The number of hydrogen-bond donors (Lipinski definition) is 6. The highest BCUT2D eigenvalue weighted by Crippen LogP contribution is 2.33. The van der Waals surface area contributed by atoms with Crippen molar-refractivity contribution in [2.75, 3.05) is 31.1 Å². The quantitative estimate of drug-likeness (QED) is 0.153. The van der Waals surface area contributed by atoms with Crippen LogP contribution in [0.2, 0.25) is 0 Å². The molecule has 2 aromatic carbocycles. The Labute approximate surface area is 298 Å². The zero-order chi connectivity index (χ0) is 37.2. The third-order valence-electron chi connectivity index (χ3n) is 9.23. The molecule has 3 aromatic rings. The van der Waals surface area contributed by atoms with E-state index in [-0.39, 0.29) is 23.8 Å². The standard InChI is InChI=1S/C37H51N7O7/c1-20-10-13-29(21(2)15-20)51-23(4)36(50)38-17-22(3)34-40-35-30(33(37(5,6)7)41-44(35)42-34)39-25-11-12-26-24(16-25)9-8-14-43(26)18-27(46)31(48)32(49)28(47)19-45/h10-13,15-16,22-23,27-28,31-32,45-49H,8-9,14,17-19H2,1-7H3,(H,38,50). The molecule has 0 saturated carbocycles. The lowest BCUT2D eigenvalue weighted by atomic mass is 9.87. The molecule has 2 aliphatic rings. The molecule has 6 N–H and O–H groups in total. The van der Waals surface area contributed by atoms with E-state index in [2.05, 4.69) is 31.2 Å². The second-order valence-electron chi connectivity index (χ2n) is 14.7. The highest BCUT2D eigenvalue weighted by atomic mass is 16.5. The molecule has 0 spiro atoms. The van der Waals surface area contributed by atoms with E-state index in [9.17, 15) is 25.2 Å². The van der Waals surface area contributed by atoms with Gasteiger partial charge < -0.3 is 40.5 Å². The van der Waals surface area contributed by atoms with Crippen LogP contribution in [0.25, 0.3) is 0 Å². The molecule has 0 fully saturated rings. The van der Waals surface area contributed by atoms with Crippen molar-refractivity contribution in [3.8, 4) is 5.75 Å². The number of carbonyl (C=O) groups is 1. The first-order chi connectivity index (χ1) is 24.1. The number of benzene rings is 2. The normalized spacial score (nSPS) is 18.7. The fourth-order valence-electron chi connectivity index (χ4n) is 6.21. The number of fused-ring (bicyclic) bond motifs is 2. The highest BCUT2D eigenvalue weighted by Gasteiger charge is 2.36. The summed E-state index contributed by atoms with van der Waals surface area (Å²) in [7, 11) is 0. The molecule has 14 nitrogen and oxygen atoms in total. The lowest BCUT2D eigenvalue weighted by Gasteiger charge is -2.35. The summed E-state index contributed by atoms with van der Waals surface area (Å²) < 4.78 is 5.92. The number of nitrogens with zero attached hydrogens (tertiary/aromatic N) is 6. The number of β-amino-alcohol motifs (C(OH)–C–C–N with tert-alkyl or cyclic N) is 1. The van der Waals surface area contributed by atoms with E-state index in [0.717, 1.165) is 40.9 Å². The maximum atomic E-state index is 12.9. The van der Waals surface area contributed by atoms with E-state index in [4.69, 9.17) is 24.9 Å². The van der Waals surface area contributed by atoms with Gasteiger partial charge in [-0.15, -0.1) is 9.89 Å². The van der Waals surface area contributed by atoms with Gasteiger partial charge in [0, 0.05) is 36.7 Å². The molecule has 0 bridgehead atoms. The largest absolute Gasteiger partial charge is 0.481 e. The summed E-state index contributed by atoms with van der Waals surface area (Å²) in [6.07, 6.45) is -5.33. The topological polar surface area (TPSA) is 198 Å². The monoisotopic (exact) mass is 705 g/mol. The number of aromatic nitrogens is 3. The number of nitrogens with one attached hydrogen (secondary N) is 1. The van der Waals surface area contributed by atoms with Gasteiger partial charge in [-0.05, 0) is 69.0 Å². The number of aliphatic hydroxyl groups excluding tert-OH is 5. The molecular weight excluding hydrogens is 654 g/mol. The van der Waals surface area contributed by atoms with Crippen LogP contribution in [0.1, 0.15) is 75.3 Å². The van der Waals surface area contributed by atoms with Crippen LogP contribution in [0.4, 0.5) is 11.4 Å². The van der Waals surface area contributed by atoms with Gasteiger partial charge in [-0.2, -0.15) is 5.10 Å². The minimum atomic E-state index is -1.68. The van der Waals surface area contributed by atoms with Crippen molar-refractivity contribution in [3.63, 3.8) is 0 Å². The minimum absolute atomic E-state index is 0.0287. The number of hydrogen-bond acceptors (Lipinski definition) is 12. The Hall–Kier alpha value is -4.21. The van der Waals surface area contributed by atoms with E-state index >= 15 is 0 Å². The number of aliphatic hydroxyl groups is 5. The maximum absolute atomic E-state index is 12.9. The van der Waals surface area contributed by atoms with Crippen LogP contribution >= 0.6 is 0 Å². The Morgan fingerprint density at radius 3 is 2.45 bits per heavy atom. The molecule has 1 amide bonds. The van der Waals surface area contributed by atoms with E-state index in [1.54, 1.807) is 6.92 Å². The summed E-state index contributed by atoms with van der Waals surface area (Å²) in [5.74, 6) is 1.26. The van der Waals surface area contributed by atoms with Crippen LogP contribution in [0.5, 0.6) is 5.75 Å². The minimum Gasteiger partial charge on any atom is -0.481 e. The first kappa shape index (κ1) is 38.0. The van der Waals surface area contributed by atoms with Crippen LogP contribution in [-0.2, 0) is 11.2 Å². The van der Waals surface area contributed by atoms with Gasteiger partial charge >= 0.3 is 0 Å². The molecular formula is C37H51N7O7. The number of aryl methyl sites for hydroxylation is 3. The smallest absolute Gasteiger partial charge is 0.260 e. The number of amides is 1. The molecule has 0 saturated heterocycles. The first-order valence-corrected chi connectivity index (χ1v) is 17.5. The first-order valence-electron chi connectivity index (χ1n) is 17.5. The molecule has 0 aliphatic carbocycles. The Balaban J connectivity index is 1.30. The van der Waals surface area contributed by atoms with Gasteiger partial charge in [-0.3, -0.25) is 4.79 Å². The molecule has 6 unspecified atom stereocenters. The van der Waals surface area contributed by atoms with Gasteiger partial charge in [-0.25, -0.2) is 9.98 Å². The van der Waals surface area contributed by atoms with Crippen LogP contribution in [0.3, 0.4) is 0 Å². The Kier molecular flexibility index (Phi) is 11.6. The molecule has 6 atom stereocenters. The molecule has 51 heavy (non-hydrogen) atoms. The third kappa shape index (κ3) is 8.64. The summed E-state index contributed by atoms with van der Waals surface area (Å²) in [6.45, 7) is 14.0. The average molecular weight is 706 g/mol. The van der Waals surface area contributed by atoms with E-state index in [1.807, 2.05) is 62.1 Å². The van der Waals surface area contributed by atoms with Crippen molar-refractivity contribution in [1.29, 1.82) is 0 Å². The zero-order valence-corrected chi connectivity index (χ0v) is 30.4. The third-order valence-corrected chi connectivity index (χ3v) is 9.23. The highest BCUT2D eigenvalue weighted by molar-refractivity contribution is 6.50. The van der Waals surface area contributed by atoms with Crippen LogP contribution in [-0.4, -0.2) is 114 Å². The molecule has 0 radical (unpaired) electrons. The Morgan fingerprint density at radius 1 is 1.04 bits per heavy atom. The summed E-state index contributed by atoms with van der Waals surface area (Å²) >= 11 is 0. The van der Waals surface area contributed by atoms with E-state index < -0.39 is 37.1 Å². The summed E-state index contributed by atoms with van der Waals surface area (Å²) in [5, 5.41) is 62.3. The number of ether oxygens (including phenoxy) is 1. The molecule has 276 valence electrons. The van der Waals surface area contributed by atoms with Crippen molar-refractivity contribution in [3.05, 3.63) is 64.7 Å². The van der Waals surface area contributed by atoms with Crippen molar-refractivity contribution < 1.29 is 35.1 Å². The van der Waals surface area contributed by atoms with Crippen LogP contribution in [0.15, 0.2) is 46.5 Å². The predicted molar refractivity (Wildman–Crippen MR) is 194 cm³/mol. The van der Waals surface area contributed by atoms with Crippen molar-refractivity contribution in [1.82, 2.24) is 20.2 Å².